The molecule has 3 aromatic rings. The topological polar surface area (TPSA) is 90.9 Å². The van der Waals surface area contributed by atoms with Gasteiger partial charge in [0.1, 0.15) is 5.75 Å². The number of hydrogen-bond acceptors (Lipinski definition) is 6. The summed E-state index contributed by atoms with van der Waals surface area (Å²) in [4.78, 5) is 42.9. The number of nitrogens with one attached hydrogen (secondary N) is 1. The molecule has 0 heterocycles. The van der Waals surface area contributed by atoms with E-state index in [4.69, 9.17) is 14.3 Å². The van der Waals surface area contributed by atoms with E-state index in [0.717, 1.165) is 30.4 Å². The summed E-state index contributed by atoms with van der Waals surface area (Å²) in [5.74, 6) is -0.788. The van der Waals surface area contributed by atoms with Crippen molar-refractivity contribution in [2.75, 3.05) is 7.11 Å². The number of carbonyl (C=O) groups is 3. The SMILES string of the molecule is COC(=O)c1ccc(C2(C(=O)Oc3ccc(C(=O)NOCc4ccccc4)cc3)CCCCC2)cc1. The van der Waals surface area contributed by atoms with Crippen molar-refractivity contribution in [3.8, 4) is 5.75 Å². The summed E-state index contributed by atoms with van der Waals surface area (Å²) in [6.07, 6.45) is 4.22. The standard InChI is InChI=1S/C29H29NO6/c1-34-27(32)23-10-14-24(15-11-23)29(18-6-3-7-19-29)28(33)36-25-16-12-22(13-17-25)26(31)30-35-20-21-8-4-2-5-9-21/h2,4-5,8-17H,3,6-7,18-20H2,1H3,(H,30,31). The molecule has 7 heteroatoms. The molecule has 1 amide bonds. The molecule has 7 nitrogen and oxygen atoms in total. The zero-order valence-electron chi connectivity index (χ0n) is 20.2. The summed E-state index contributed by atoms with van der Waals surface area (Å²) in [7, 11) is 1.34. The Kier molecular flexibility index (Phi) is 8.13. The molecule has 0 unspecified atom stereocenters. The van der Waals surface area contributed by atoms with Crippen LogP contribution in [-0.2, 0) is 26.4 Å². The molecule has 0 radical (unpaired) electrons. The number of amides is 1. The number of hydroxylamine groups is 1. The van der Waals surface area contributed by atoms with E-state index in [0.29, 0.717) is 29.7 Å². The fourth-order valence-electron chi connectivity index (χ4n) is 4.51. The molecular weight excluding hydrogens is 458 g/mol. The Balaban J connectivity index is 1.41. The third kappa shape index (κ3) is 5.80. The lowest BCUT2D eigenvalue weighted by molar-refractivity contribution is -0.142. The first-order valence-corrected chi connectivity index (χ1v) is 12.0. The number of hydrogen-bond donors (Lipinski definition) is 1. The predicted molar refractivity (Wildman–Crippen MR) is 133 cm³/mol. The largest absolute Gasteiger partial charge is 0.465 e. The highest BCUT2D eigenvalue weighted by atomic mass is 16.6. The highest BCUT2D eigenvalue weighted by Crippen LogP contribution is 2.41. The first kappa shape index (κ1) is 25.1. The molecule has 3 aromatic carbocycles. The van der Waals surface area contributed by atoms with E-state index >= 15 is 0 Å². The smallest absolute Gasteiger partial charge is 0.337 e. The number of carbonyl (C=O) groups excluding carboxylic acids is 3. The van der Waals surface area contributed by atoms with Gasteiger partial charge in [0.05, 0.1) is 24.7 Å². The molecule has 1 N–H and O–H groups in total. The normalized spacial score (nSPS) is 14.5. The van der Waals surface area contributed by atoms with Crippen LogP contribution in [0.2, 0.25) is 0 Å². The lowest BCUT2D eigenvalue weighted by Gasteiger charge is -2.35. The van der Waals surface area contributed by atoms with Gasteiger partial charge in [-0.25, -0.2) is 10.3 Å². The molecular formula is C29H29NO6. The summed E-state index contributed by atoms with van der Waals surface area (Å²) in [6, 6.07) is 22.9. The molecule has 1 aliphatic carbocycles. The van der Waals surface area contributed by atoms with Crippen LogP contribution in [0.5, 0.6) is 5.75 Å². The van der Waals surface area contributed by atoms with Gasteiger partial charge in [0.25, 0.3) is 5.91 Å². The molecule has 1 fully saturated rings. The maximum Gasteiger partial charge on any atom is 0.337 e. The molecule has 0 bridgehead atoms. The van der Waals surface area contributed by atoms with Gasteiger partial charge < -0.3 is 9.47 Å². The molecule has 1 saturated carbocycles. The Labute approximate surface area is 210 Å². The number of ether oxygens (including phenoxy) is 2. The fourth-order valence-corrected chi connectivity index (χ4v) is 4.51. The minimum atomic E-state index is -0.784. The van der Waals surface area contributed by atoms with Crippen LogP contribution in [0, 0.1) is 0 Å². The van der Waals surface area contributed by atoms with Crippen LogP contribution in [0.4, 0.5) is 0 Å². The maximum atomic E-state index is 13.4. The van der Waals surface area contributed by atoms with E-state index in [1.54, 1.807) is 36.4 Å². The van der Waals surface area contributed by atoms with Gasteiger partial charge in [-0.2, -0.15) is 0 Å². The van der Waals surface area contributed by atoms with Crippen molar-refractivity contribution >= 4 is 17.8 Å². The number of esters is 2. The molecule has 0 atom stereocenters. The van der Waals surface area contributed by atoms with Gasteiger partial charge in [-0.1, -0.05) is 61.7 Å². The molecule has 0 aromatic heterocycles. The van der Waals surface area contributed by atoms with Crippen LogP contribution in [0.3, 0.4) is 0 Å². The van der Waals surface area contributed by atoms with Crippen LogP contribution in [-0.4, -0.2) is 25.0 Å². The molecule has 186 valence electrons. The van der Waals surface area contributed by atoms with Crippen molar-refractivity contribution in [2.24, 2.45) is 0 Å². The lowest BCUT2D eigenvalue weighted by atomic mass is 9.69. The summed E-state index contributed by atoms with van der Waals surface area (Å²) in [5.41, 5.74) is 4.22. The van der Waals surface area contributed by atoms with Crippen molar-refractivity contribution < 1.29 is 28.7 Å². The van der Waals surface area contributed by atoms with Crippen LogP contribution >= 0.6 is 0 Å². The highest BCUT2D eigenvalue weighted by molar-refractivity contribution is 5.94. The van der Waals surface area contributed by atoms with Gasteiger partial charge in [0.2, 0.25) is 0 Å². The van der Waals surface area contributed by atoms with E-state index in [1.165, 1.54) is 7.11 Å². The highest BCUT2D eigenvalue weighted by Gasteiger charge is 2.43. The van der Waals surface area contributed by atoms with Crippen molar-refractivity contribution in [1.82, 2.24) is 5.48 Å². The third-order valence-corrected chi connectivity index (χ3v) is 6.53. The molecule has 0 spiro atoms. The first-order chi connectivity index (χ1) is 17.5. The van der Waals surface area contributed by atoms with Gasteiger partial charge in [0.15, 0.2) is 0 Å². The van der Waals surface area contributed by atoms with Gasteiger partial charge in [-0.05, 0) is 60.4 Å². The van der Waals surface area contributed by atoms with Crippen molar-refractivity contribution in [3.63, 3.8) is 0 Å². The zero-order valence-corrected chi connectivity index (χ0v) is 20.2. The number of benzene rings is 3. The van der Waals surface area contributed by atoms with E-state index in [-0.39, 0.29) is 12.6 Å². The van der Waals surface area contributed by atoms with E-state index in [1.807, 2.05) is 42.5 Å². The summed E-state index contributed by atoms with van der Waals surface area (Å²) < 4.78 is 10.6. The first-order valence-electron chi connectivity index (χ1n) is 12.0. The molecule has 0 aliphatic heterocycles. The Bertz CT molecular complexity index is 1180. The summed E-state index contributed by atoms with van der Waals surface area (Å²) >= 11 is 0. The Morgan fingerprint density at radius 1 is 0.806 bits per heavy atom. The third-order valence-electron chi connectivity index (χ3n) is 6.53. The maximum absolute atomic E-state index is 13.4. The van der Waals surface area contributed by atoms with Crippen molar-refractivity contribution in [1.29, 1.82) is 0 Å². The fraction of sp³-hybridized carbons (Fsp3) is 0.276. The van der Waals surface area contributed by atoms with Crippen LogP contribution < -0.4 is 10.2 Å². The van der Waals surface area contributed by atoms with E-state index in [9.17, 15) is 14.4 Å². The van der Waals surface area contributed by atoms with E-state index in [2.05, 4.69) is 5.48 Å². The van der Waals surface area contributed by atoms with Crippen molar-refractivity contribution in [2.45, 2.75) is 44.1 Å². The number of methoxy groups -OCH3 is 1. The second-order valence-electron chi connectivity index (χ2n) is 8.83. The predicted octanol–water partition coefficient (Wildman–Crippen LogP) is 5.14. The van der Waals surface area contributed by atoms with Crippen LogP contribution in [0.15, 0.2) is 78.9 Å². The van der Waals surface area contributed by atoms with Crippen LogP contribution in [0.25, 0.3) is 0 Å². The molecule has 4 rings (SSSR count). The average Bonchev–Trinajstić information content (AvgIpc) is 2.94. The number of rotatable bonds is 8. The minimum absolute atomic E-state index is 0.255. The summed E-state index contributed by atoms with van der Waals surface area (Å²) in [5, 5.41) is 0. The zero-order chi connectivity index (χ0) is 25.4. The average molecular weight is 488 g/mol. The Hall–Kier alpha value is -3.97. The molecule has 0 saturated heterocycles. The lowest BCUT2D eigenvalue weighted by Crippen LogP contribution is -2.41. The van der Waals surface area contributed by atoms with Gasteiger partial charge >= 0.3 is 11.9 Å². The summed E-state index contributed by atoms with van der Waals surface area (Å²) in [6.45, 7) is 0.255. The second kappa shape index (κ2) is 11.6. The van der Waals surface area contributed by atoms with Gasteiger partial charge in [0, 0.05) is 5.56 Å². The van der Waals surface area contributed by atoms with Crippen molar-refractivity contribution in [3.05, 3.63) is 101 Å². The Morgan fingerprint density at radius 3 is 2.08 bits per heavy atom. The second-order valence-corrected chi connectivity index (χ2v) is 8.83. The van der Waals surface area contributed by atoms with E-state index < -0.39 is 17.3 Å². The molecule has 1 aliphatic rings. The van der Waals surface area contributed by atoms with Gasteiger partial charge in [-0.3, -0.25) is 14.4 Å². The molecule has 36 heavy (non-hydrogen) atoms. The van der Waals surface area contributed by atoms with Crippen LogP contribution in [0.1, 0.15) is 63.9 Å². The Morgan fingerprint density at radius 2 is 1.44 bits per heavy atom. The monoisotopic (exact) mass is 487 g/mol. The quantitative estimate of drug-likeness (QED) is 0.269. The minimum Gasteiger partial charge on any atom is -0.465 e. The van der Waals surface area contributed by atoms with Gasteiger partial charge in [-0.15, -0.1) is 0 Å².